The zero-order valence-corrected chi connectivity index (χ0v) is 10.9. The molecule has 1 aromatic rings. The fourth-order valence-corrected chi connectivity index (χ4v) is 3.58. The van der Waals surface area contributed by atoms with Crippen LogP contribution in [0.4, 0.5) is 0 Å². The van der Waals surface area contributed by atoms with Crippen molar-refractivity contribution in [1.29, 1.82) is 0 Å². The van der Waals surface area contributed by atoms with Gasteiger partial charge in [0.2, 0.25) is 10.0 Å². The fraction of sp³-hybridized carbons (Fsp3) is 0.364. The van der Waals surface area contributed by atoms with Crippen LogP contribution in [0.25, 0.3) is 0 Å². The highest BCUT2D eigenvalue weighted by molar-refractivity contribution is 7.89. The van der Waals surface area contributed by atoms with E-state index in [1.165, 1.54) is 6.92 Å². The normalized spacial score (nSPS) is 18.8. The summed E-state index contributed by atoms with van der Waals surface area (Å²) in [7, 11) is -3.85. The molecule has 0 aromatic heterocycles. The molecule has 1 aliphatic heterocycles. The molecule has 0 aliphatic carbocycles. The number of carbonyl (C=O) groups is 1. The number of carboxylic acid groups (broad SMARTS) is 1. The Kier molecular flexibility index (Phi) is 3.04. The summed E-state index contributed by atoms with van der Waals surface area (Å²) < 4.78 is 25.3. The van der Waals surface area contributed by atoms with Crippen LogP contribution in [0.3, 0.4) is 0 Å². The maximum absolute atomic E-state index is 12.1. The number of phenols is 1. The smallest absolute Gasteiger partial charge is 0.339 e. The number of rotatable bonds is 3. The summed E-state index contributed by atoms with van der Waals surface area (Å²) >= 11 is 0. The molecule has 19 heavy (non-hydrogen) atoms. The van der Waals surface area contributed by atoms with Crippen LogP contribution < -0.4 is 0 Å². The molecule has 0 spiro atoms. The molecule has 104 valence electrons. The third kappa shape index (κ3) is 2.42. The Morgan fingerprint density at radius 2 is 1.95 bits per heavy atom. The van der Waals surface area contributed by atoms with Gasteiger partial charge in [0.15, 0.2) is 0 Å². The first-order valence-electron chi connectivity index (χ1n) is 5.42. The molecule has 0 atom stereocenters. The Morgan fingerprint density at radius 3 is 2.42 bits per heavy atom. The van der Waals surface area contributed by atoms with Crippen molar-refractivity contribution in [1.82, 2.24) is 4.31 Å². The third-order valence-electron chi connectivity index (χ3n) is 2.87. The number of β-amino-alcohol motifs (C(OH)–C–C–N with tert-alkyl or cyclic N) is 1. The summed E-state index contributed by atoms with van der Waals surface area (Å²) in [5.74, 6) is -1.91. The first-order valence-corrected chi connectivity index (χ1v) is 6.86. The van der Waals surface area contributed by atoms with E-state index in [9.17, 15) is 23.4 Å². The van der Waals surface area contributed by atoms with E-state index >= 15 is 0 Å². The predicted octanol–water partition coefficient (Wildman–Crippen LogP) is -0.154. The predicted molar refractivity (Wildman–Crippen MR) is 64.4 cm³/mol. The van der Waals surface area contributed by atoms with Crippen LogP contribution in [0.5, 0.6) is 5.75 Å². The van der Waals surface area contributed by atoms with Crippen molar-refractivity contribution < 1.29 is 28.5 Å². The summed E-state index contributed by atoms with van der Waals surface area (Å²) in [4.78, 5) is 10.6. The summed E-state index contributed by atoms with van der Waals surface area (Å²) in [6, 6.07) is 3.05. The summed E-state index contributed by atoms with van der Waals surface area (Å²) in [6.07, 6.45) is 0. The molecular formula is C11H13NO6S. The second-order valence-electron chi connectivity index (χ2n) is 4.75. The number of hydrogen-bond acceptors (Lipinski definition) is 5. The highest BCUT2D eigenvalue weighted by atomic mass is 32.2. The minimum atomic E-state index is -3.85. The van der Waals surface area contributed by atoms with Crippen molar-refractivity contribution in [2.24, 2.45) is 0 Å². The number of carboxylic acids is 1. The van der Waals surface area contributed by atoms with Gasteiger partial charge >= 0.3 is 5.97 Å². The van der Waals surface area contributed by atoms with Crippen molar-refractivity contribution >= 4 is 16.0 Å². The minimum absolute atomic E-state index is 0.0430. The van der Waals surface area contributed by atoms with Gasteiger partial charge in [0.1, 0.15) is 11.3 Å². The van der Waals surface area contributed by atoms with Crippen LogP contribution >= 0.6 is 0 Å². The second-order valence-corrected chi connectivity index (χ2v) is 6.69. The molecule has 0 amide bonds. The standard InChI is InChI=1S/C11H13NO6S/c1-11(16)5-12(6-11)19(17,18)7-2-3-9(13)8(4-7)10(14)15/h2-4,13,16H,5-6H2,1H3,(H,14,15). The van der Waals surface area contributed by atoms with E-state index < -0.39 is 32.9 Å². The molecule has 1 fully saturated rings. The lowest BCUT2D eigenvalue weighted by atomic mass is 10.0. The lowest BCUT2D eigenvalue weighted by Crippen LogP contribution is -2.61. The molecule has 2 rings (SSSR count). The second kappa shape index (κ2) is 4.19. The van der Waals surface area contributed by atoms with E-state index in [1.807, 2.05) is 0 Å². The molecular weight excluding hydrogens is 274 g/mol. The topological polar surface area (TPSA) is 115 Å². The van der Waals surface area contributed by atoms with E-state index in [-0.39, 0.29) is 18.0 Å². The van der Waals surface area contributed by atoms with Crippen LogP contribution in [0.1, 0.15) is 17.3 Å². The average Bonchev–Trinajstić information content (AvgIpc) is 2.25. The lowest BCUT2D eigenvalue weighted by Gasteiger charge is -2.42. The van der Waals surface area contributed by atoms with Crippen molar-refractivity contribution in [3.8, 4) is 5.75 Å². The van der Waals surface area contributed by atoms with Gasteiger partial charge < -0.3 is 15.3 Å². The van der Waals surface area contributed by atoms with Crippen LogP contribution in [0, 0.1) is 0 Å². The van der Waals surface area contributed by atoms with E-state index in [2.05, 4.69) is 0 Å². The lowest BCUT2D eigenvalue weighted by molar-refractivity contribution is -0.0426. The quantitative estimate of drug-likeness (QED) is 0.712. The summed E-state index contributed by atoms with van der Waals surface area (Å²) in [6.45, 7) is 1.43. The fourth-order valence-electron chi connectivity index (χ4n) is 1.88. The molecule has 0 bridgehead atoms. The largest absolute Gasteiger partial charge is 0.507 e. The summed E-state index contributed by atoms with van der Waals surface area (Å²) in [5.41, 5.74) is -1.53. The van der Waals surface area contributed by atoms with Crippen molar-refractivity contribution in [3.05, 3.63) is 23.8 Å². The zero-order chi connectivity index (χ0) is 14.4. The van der Waals surface area contributed by atoms with E-state index in [0.29, 0.717) is 0 Å². The van der Waals surface area contributed by atoms with Crippen LogP contribution in [0.15, 0.2) is 23.1 Å². The van der Waals surface area contributed by atoms with E-state index in [0.717, 1.165) is 22.5 Å². The number of sulfonamides is 1. The molecule has 1 aromatic carbocycles. The molecule has 8 heteroatoms. The van der Waals surface area contributed by atoms with Gasteiger partial charge in [-0.2, -0.15) is 4.31 Å². The molecule has 1 saturated heterocycles. The summed E-state index contributed by atoms with van der Waals surface area (Å²) in [5, 5.41) is 27.7. The molecule has 1 heterocycles. The van der Waals surface area contributed by atoms with Crippen LogP contribution in [-0.2, 0) is 10.0 Å². The van der Waals surface area contributed by atoms with Crippen molar-refractivity contribution in [2.75, 3.05) is 13.1 Å². The Morgan fingerprint density at radius 1 is 1.37 bits per heavy atom. The number of hydrogen-bond donors (Lipinski definition) is 3. The molecule has 0 unspecified atom stereocenters. The Bertz CT molecular complexity index is 629. The van der Waals surface area contributed by atoms with Gasteiger partial charge in [-0.3, -0.25) is 0 Å². The van der Waals surface area contributed by atoms with E-state index in [4.69, 9.17) is 5.11 Å². The van der Waals surface area contributed by atoms with Crippen LogP contribution in [0.2, 0.25) is 0 Å². The average molecular weight is 287 g/mol. The van der Waals surface area contributed by atoms with Gasteiger partial charge in [0, 0.05) is 13.1 Å². The van der Waals surface area contributed by atoms with Gasteiger partial charge in [0.05, 0.1) is 10.5 Å². The number of aliphatic hydroxyl groups is 1. The highest BCUT2D eigenvalue weighted by Gasteiger charge is 2.44. The zero-order valence-electron chi connectivity index (χ0n) is 10.1. The maximum atomic E-state index is 12.1. The molecule has 3 N–H and O–H groups in total. The monoisotopic (exact) mass is 287 g/mol. The van der Waals surface area contributed by atoms with Crippen molar-refractivity contribution in [3.63, 3.8) is 0 Å². The van der Waals surface area contributed by atoms with Gasteiger partial charge in [-0.05, 0) is 25.1 Å². The first-order chi connectivity index (χ1) is 8.63. The number of aromatic hydroxyl groups is 1. The Hall–Kier alpha value is -1.64. The Balaban J connectivity index is 2.37. The van der Waals surface area contributed by atoms with E-state index in [1.54, 1.807) is 0 Å². The molecule has 0 radical (unpaired) electrons. The van der Waals surface area contributed by atoms with Gasteiger partial charge in [-0.25, -0.2) is 13.2 Å². The third-order valence-corrected chi connectivity index (χ3v) is 4.66. The first kappa shape index (κ1) is 13.8. The minimum Gasteiger partial charge on any atom is -0.507 e. The highest BCUT2D eigenvalue weighted by Crippen LogP contribution is 2.29. The molecule has 0 saturated carbocycles. The maximum Gasteiger partial charge on any atom is 0.339 e. The number of benzene rings is 1. The Labute approximate surface area is 109 Å². The SMILES string of the molecule is CC1(O)CN(S(=O)(=O)c2ccc(O)c(C(=O)O)c2)C1. The number of aromatic carboxylic acids is 1. The molecule has 7 nitrogen and oxygen atoms in total. The van der Waals surface area contributed by atoms with Gasteiger partial charge in [0.25, 0.3) is 0 Å². The number of nitrogens with zero attached hydrogens (tertiary/aromatic N) is 1. The van der Waals surface area contributed by atoms with Gasteiger partial charge in [-0.15, -0.1) is 0 Å². The molecule has 1 aliphatic rings. The van der Waals surface area contributed by atoms with Gasteiger partial charge in [-0.1, -0.05) is 0 Å². The van der Waals surface area contributed by atoms with Crippen LogP contribution in [-0.4, -0.2) is 52.7 Å². The van der Waals surface area contributed by atoms with Crippen molar-refractivity contribution in [2.45, 2.75) is 17.4 Å².